The zero-order valence-corrected chi connectivity index (χ0v) is 14.9. The fourth-order valence-corrected chi connectivity index (χ4v) is 3.84. The summed E-state index contributed by atoms with van der Waals surface area (Å²) >= 11 is 0. The van der Waals surface area contributed by atoms with Gasteiger partial charge in [0.1, 0.15) is 5.75 Å². The number of hydrogen-bond acceptors (Lipinski definition) is 4. The van der Waals surface area contributed by atoms with Crippen LogP contribution < -0.4 is 4.74 Å². The maximum atomic E-state index is 12.9. The summed E-state index contributed by atoms with van der Waals surface area (Å²) in [5.41, 5.74) is 1.25. The maximum absolute atomic E-state index is 12.9. The number of likely N-dealkylation sites (tertiary alicyclic amines) is 2. The van der Waals surface area contributed by atoms with Crippen molar-refractivity contribution in [3.8, 4) is 5.75 Å². The predicted molar refractivity (Wildman–Crippen MR) is 93.6 cm³/mol. The Hall–Kier alpha value is -2.24. The number of benzene rings is 1. The standard InChI is InChI=1S/C19H26N2O4/c1-24-17-7-5-14(6-8-17)15-9-11-20(12-15)18(22)16-4-3-10-21(13-16)19(23)25-2/h5-8,15-16H,3-4,9-13H2,1-2H3/t15-,16+/m1/s1. The van der Waals surface area contributed by atoms with E-state index in [2.05, 4.69) is 12.1 Å². The van der Waals surface area contributed by atoms with Crippen LogP contribution in [-0.4, -0.2) is 62.2 Å². The zero-order chi connectivity index (χ0) is 17.8. The lowest BCUT2D eigenvalue weighted by atomic mass is 9.96. The first-order chi connectivity index (χ1) is 12.1. The Kier molecular flexibility index (Phi) is 5.46. The van der Waals surface area contributed by atoms with Gasteiger partial charge in [-0.1, -0.05) is 12.1 Å². The number of piperidine rings is 1. The number of amides is 2. The minimum atomic E-state index is -0.338. The Morgan fingerprint density at radius 3 is 2.44 bits per heavy atom. The van der Waals surface area contributed by atoms with E-state index in [4.69, 9.17) is 9.47 Å². The lowest BCUT2D eigenvalue weighted by Crippen LogP contribution is -2.46. The van der Waals surface area contributed by atoms with Gasteiger partial charge >= 0.3 is 6.09 Å². The van der Waals surface area contributed by atoms with Gasteiger partial charge in [0.2, 0.25) is 5.91 Å². The van der Waals surface area contributed by atoms with E-state index in [0.29, 0.717) is 19.0 Å². The highest BCUT2D eigenvalue weighted by molar-refractivity contribution is 5.80. The fraction of sp³-hybridized carbons (Fsp3) is 0.579. The number of ether oxygens (including phenoxy) is 2. The zero-order valence-electron chi connectivity index (χ0n) is 14.9. The van der Waals surface area contributed by atoms with E-state index >= 15 is 0 Å². The lowest BCUT2D eigenvalue weighted by Gasteiger charge is -2.33. The molecule has 6 heteroatoms. The van der Waals surface area contributed by atoms with Gasteiger partial charge in [-0.2, -0.15) is 0 Å². The smallest absolute Gasteiger partial charge is 0.409 e. The lowest BCUT2D eigenvalue weighted by molar-refractivity contribution is -0.136. The van der Waals surface area contributed by atoms with Crippen LogP contribution in [0, 0.1) is 5.92 Å². The van der Waals surface area contributed by atoms with Gasteiger partial charge in [0.15, 0.2) is 0 Å². The topological polar surface area (TPSA) is 59.1 Å². The summed E-state index contributed by atoms with van der Waals surface area (Å²) in [7, 11) is 3.04. The van der Waals surface area contributed by atoms with Crippen LogP contribution in [0.1, 0.15) is 30.7 Å². The molecule has 2 aliphatic heterocycles. The van der Waals surface area contributed by atoms with Crippen molar-refractivity contribution in [1.82, 2.24) is 9.80 Å². The van der Waals surface area contributed by atoms with E-state index in [1.54, 1.807) is 12.0 Å². The number of methoxy groups -OCH3 is 2. The molecule has 0 bridgehead atoms. The summed E-state index contributed by atoms with van der Waals surface area (Å²) in [6, 6.07) is 8.10. The summed E-state index contributed by atoms with van der Waals surface area (Å²) in [4.78, 5) is 28.2. The number of carbonyl (C=O) groups excluding carboxylic acids is 2. The van der Waals surface area contributed by atoms with Crippen molar-refractivity contribution in [1.29, 1.82) is 0 Å². The minimum Gasteiger partial charge on any atom is -0.497 e. The number of nitrogens with zero attached hydrogens (tertiary/aromatic N) is 2. The predicted octanol–water partition coefficient (Wildman–Crippen LogP) is 2.49. The van der Waals surface area contributed by atoms with E-state index in [1.165, 1.54) is 12.7 Å². The maximum Gasteiger partial charge on any atom is 0.409 e. The minimum absolute atomic E-state index is 0.109. The van der Waals surface area contributed by atoms with Crippen molar-refractivity contribution in [2.75, 3.05) is 40.4 Å². The van der Waals surface area contributed by atoms with E-state index in [9.17, 15) is 9.59 Å². The van der Waals surface area contributed by atoms with Gasteiger partial charge in [-0.15, -0.1) is 0 Å². The van der Waals surface area contributed by atoms with Crippen molar-refractivity contribution < 1.29 is 19.1 Å². The van der Waals surface area contributed by atoms with Crippen molar-refractivity contribution in [3.05, 3.63) is 29.8 Å². The molecule has 2 fully saturated rings. The van der Waals surface area contributed by atoms with Crippen LogP contribution in [0.25, 0.3) is 0 Å². The first kappa shape index (κ1) is 17.6. The molecule has 6 nitrogen and oxygen atoms in total. The molecule has 3 rings (SSSR count). The van der Waals surface area contributed by atoms with Crippen molar-refractivity contribution in [2.45, 2.75) is 25.2 Å². The highest BCUT2D eigenvalue weighted by atomic mass is 16.5. The summed E-state index contributed by atoms with van der Waals surface area (Å²) in [6.45, 7) is 2.67. The second-order valence-corrected chi connectivity index (χ2v) is 6.80. The van der Waals surface area contributed by atoms with E-state index in [-0.39, 0.29) is 17.9 Å². The van der Waals surface area contributed by atoms with Crippen LogP contribution >= 0.6 is 0 Å². The molecule has 2 amide bonds. The molecule has 0 unspecified atom stereocenters. The number of carbonyl (C=O) groups is 2. The quantitative estimate of drug-likeness (QED) is 0.844. The largest absolute Gasteiger partial charge is 0.497 e. The molecule has 1 aromatic carbocycles. The van der Waals surface area contributed by atoms with Crippen LogP contribution in [-0.2, 0) is 9.53 Å². The highest BCUT2D eigenvalue weighted by Gasteiger charge is 2.35. The molecule has 25 heavy (non-hydrogen) atoms. The monoisotopic (exact) mass is 346 g/mol. The molecule has 0 aliphatic carbocycles. The first-order valence-electron chi connectivity index (χ1n) is 8.88. The SMILES string of the molecule is COC(=O)N1CCC[C@H](C(=O)N2CC[C@@H](c3ccc(OC)cc3)C2)C1. The Morgan fingerprint density at radius 2 is 1.76 bits per heavy atom. The third-order valence-corrected chi connectivity index (χ3v) is 5.29. The van der Waals surface area contributed by atoms with Gasteiger partial charge in [-0.05, 0) is 37.0 Å². The van der Waals surface area contributed by atoms with Gasteiger partial charge in [0, 0.05) is 32.1 Å². The molecule has 0 spiro atoms. The number of hydrogen-bond donors (Lipinski definition) is 0. The van der Waals surface area contributed by atoms with Gasteiger partial charge in [-0.25, -0.2) is 4.79 Å². The van der Waals surface area contributed by atoms with Crippen LogP contribution in [0.2, 0.25) is 0 Å². The van der Waals surface area contributed by atoms with Gasteiger partial charge < -0.3 is 19.3 Å². The Balaban J connectivity index is 1.59. The van der Waals surface area contributed by atoms with E-state index < -0.39 is 0 Å². The number of rotatable bonds is 3. The van der Waals surface area contributed by atoms with Gasteiger partial charge in [-0.3, -0.25) is 4.79 Å². The second kappa shape index (κ2) is 7.76. The molecule has 136 valence electrons. The summed E-state index contributed by atoms with van der Waals surface area (Å²) in [5.74, 6) is 1.28. The van der Waals surface area contributed by atoms with Gasteiger partial charge in [0.05, 0.1) is 20.1 Å². The highest BCUT2D eigenvalue weighted by Crippen LogP contribution is 2.30. The molecule has 2 heterocycles. The molecule has 0 saturated carbocycles. The summed E-state index contributed by atoms with van der Waals surface area (Å²) in [5, 5.41) is 0. The molecule has 0 radical (unpaired) electrons. The second-order valence-electron chi connectivity index (χ2n) is 6.80. The van der Waals surface area contributed by atoms with Crippen molar-refractivity contribution >= 4 is 12.0 Å². The summed E-state index contributed by atoms with van der Waals surface area (Å²) in [6.07, 6.45) is 2.33. The van der Waals surface area contributed by atoms with Crippen molar-refractivity contribution in [2.24, 2.45) is 5.92 Å². The van der Waals surface area contributed by atoms with Gasteiger partial charge in [0.25, 0.3) is 0 Å². The molecule has 2 aliphatic rings. The fourth-order valence-electron chi connectivity index (χ4n) is 3.84. The average Bonchev–Trinajstić information content (AvgIpc) is 3.17. The third-order valence-electron chi connectivity index (χ3n) is 5.29. The van der Waals surface area contributed by atoms with Crippen molar-refractivity contribution in [3.63, 3.8) is 0 Å². The van der Waals surface area contributed by atoms with E-state index in [1.807, 2.05) is 17.0 Å². The van der Waals surface area contributed by atoms with E-state index in [0.717, 1.165) is 38.1 Å². The molecule has 1 aromatic rings. The third kappa shape index (κ3) is 3.89. The van der Waals surface area contributed by atoms with Crippen LogP contribution in [0.3, 0.4) is 0 Å². The Labute approximate surface area is 148 Å². The molecule has 2 saturated heterocycles. The Morgan fingerprint density at radius 1 is 1.00 bits per heavy atom. The normalized spacial score (nSPS) is 23.4. The molecule has 0 N–H and O–H groups in total. The molecular formula is C19H26N2O4. The first-order valence-corrected chi connectivity index (χ1v) is 8.88. The summed E-state index contributed by atoms with van der Waals surface area (Å²) < 4.78 is 9.99. The molecular weight excluding hydrogens is 320 g/mol. The molecule has 2 atom stereocenters. The van der Waals surface area contributed by atoms with Crippen LogP contribution in [0.5, 0.6) is 5.75 Å². The van der Waals surface area contributed by atoms with Crippen LogP contribution in [0.15, 0.2) is 24.3 Å². The Bertz CT molecular complexity index is 616. The van der Waals surface area contributed by atoms with Crippen LogP contribution in [0.4, 0.5) is 4.79 Å². The molecule has 0 aromatic heterocycles. The average molecular weight is 346 g/mol.